The van der Waals surface area contributed by atoms with Crippen molar-refractivity contribution in [3.8, 4) is 0 Å². The Balaban J connectivity index is 2.51. The van der Waals surface area contributed by atoms with Crippen LogP contribution in [0.2, 0.25) is 36.3 Å². The Morgan fingerprint density at radius 2 is 1.44 bits per heavy atom. The molecule has 1 saturated heterocycles. The van der Waals surface area contributed by atoms with E-state index >= 15 is 0 Å². The molecule has 2 rings (SSSR count). The predicted octanol–water partition coefficient (Wildman–Crippen LogP) is 7.26. The van der Waals surface area contributed by atoms with Crippen molar-refractivity contribution in [3.05, 3.63) is 35.9 Å². The molecule has 6 atom stereocenters. The van der Waals surface area contributed by atoms with Crippen LogP contribution in [0.15, 0.2) is 30.3 Å². The maximum absolute atomic E-state index is 14.2. The fourth-order valence-electron chi connectivity index (χ4n) is 4.86. The van der Waals surface area contributed by atoms with Gasteiger partial charge < -0.3 is 18.7 Å². The van der Waals surface area contributed by atoms with Crippen molar-refractivity contribution < 1.29 is 28.3 Å². The minimum atomic E-state index is -2.35. The standard InChI is InChI=1S/C32H57NO6Si2/c1-22(20-34)27(38-40(10,11)31(4,5)6)23(2)28(39-41(12,13)32(7,8)9)24(3)29(35)33-26(21-37-30(33)36)19-25-17-15-14-16-18-25/h14-18,22-24,26-28,34H,19-21H2,1-13H3/t22-,23+,24+,26+,27-,28-/m0/s1. The van der Waals surface area contributed by atoms with E-state index in [-0.39, 0.29) is 53.2 Å². The lowest BCUT2D eigenvalue weighted by Crippen LogP contribution is -2.56. The van der Waals surface area contributed by atoms with E-state index in [4.69, 9.17) is 13.6 Å². The number of benzene rings is 1. The smallest absolute Gasteiger partial charge is 0.416 e. The third-order valence-electron chi connectivity index (χ3n) is 9.75. The van der Waals surface area contributed by atoms with Gasteiger partial charge in [-0.1, -0.05) is 92.6 Å². The summed E-state index contributed by atoms with van der Waals surface area (Å²) in [5.74, 6) is -1.29. The van der Waals surface area contributed by atoms with Crippen molar-refractivity contribution in [2.24, 2.45) is 17.8 Å². The normalized spacial score (nSPS) is 20.8. The van der Waals surface area contributed by atoms with E-state index in [1.807, 2.05) is 44.2 Å². The molecule has 7 nitrogen and oxygen atoms in total. The van der Waals surface area contributed by atoms with Gasteiger partial charge in [-0.05, 0) is 48.2 Å². The van der Waals surface area contributed by atoms with Crippen molar-refractivity contribution in [1.29, 1.82) is 0 Å². The molecule has 234 valence electrons. The number of nitrogens with zero attached hydrogens (tertiary/aromatic N) is 1. The predicted molar refractivity (Wildman–Crippen MR) is 171 cm³/mol. The Hall–Kier alpha value is -1.53. The summed E-state index contributed by atoms with van der Waals surface area (Å²) in [7, 11) is -4.58. The first-order valence-corrected chi connectivity index (χ1v) is 21.0. The van der Waals surface area contributed by atoms with Gasteiger partial charge in [0.1, 0.15) is 6.61 Å². The monoisotopic (exact) mass is 607 g/mol. The number of rotatable bonds is 12. The molecule has 0 unspecified atom stereocenters. The van der Waals surface area contributed by atoms with Crippen LogP contribution in [0.5, 0.6) is 0 Å². The molecular formula is C32H57NO6Si2. The van der Waals surface area contributed by atoms with E-state index in [0.29, 0.717) is 6.42 Å². The van der Waals surface area contributed by atoms with Crippen LogP contribution < -0.4 is 0 Å². The highest BCUT2D eigenvalue weighted by atomic mass is 28.4. The van der Waals surface area contributed by atoms with Crippen LogP contribution in [0.25, 0.3) is 0 Å². The number of imide groups is 1. The van der Waals surface area contributed by atoms with Gasteiger partial charge >= 0.3 is 6.09 Å². The highest BCUT2D eigenvalue weighted by molar-refractivity contribution is 6.74. The second-order valence-corrected chi connectivity index (χ2v) is 24.6. The maximum atomic E-state index is 14.2. The van der Waals surface area contributed by atoms with Gasteiger partial charge in [0.25, 0.3) is 0 Å². The molecule has 0 saturated carbocycles. The Bertz CT molecular complexity index is 1020. The first kappa shape index (κ1) is 35.7. The summed E-state index contributed by atoms with van der Waals surface area (Å²) < 4.78 is 19.4. The average Bonchev–Trinajstić information content (AvgIpc) is 3.22. The van der Waals surface area contributed by atoms with Crippen LogP contribution >= 0.6 is 0 Å². The summed E-state index contributed by atoms with van der Waals surface area (Å²) in [4.78, 5) is 28.5. The molecular weight excluding hydrogens is 551 g/mol. The van der Waals surface area contributed by atoms with E-state index in [9.17, 15) is 14.7 Å². The second kappa shape index (κ2) is 13.4. The van der Waals surface area contributed by atoms with Gasteiger partial charge in [-0.25, -0.2) is 9.69 Å². The zero-order valence-electron chi connectivity index (χ0n) is 27.9. The quantitative estimate of drug-likeness (QED) is 0.252. The maximum Gasteiger partial charge on any atom is 0.416 e. The largest absolute Gasteiger partial charge is 0.447 e. The zero-order chi connectivity index (χ0) is 31.6. The van der Waals surface area contributed by atoms with Crippen molar-refractivity contribution >= 4 is 28.6 Å². The van der Waals surface area contributed by atoms with Crippen LogP contribution in [0, 0.1) is 17.8 Å². The minimum Gasteiger partial charge on any atom is -0.447 e. The summed E-state index contributed by atoms with van der Waals surface area (Å²) in [5, 5.41) is 10.2. The topological polar surface area (TPSA) is 85.3 Å². The number of aliphatic hydroxyl groups excluding tert-OH is 1. The molecule has 2 amide bonds. The van der Waals surface area contributed by atoms with Crippen molar-refractivity contribution in [2.45, 2.75) is 123 Å². The Morgan fingerprint density at radius 1 is 0.951 bits per heavy atom. The fourth-order valence-corrected chi connectivity index (χ4v) is 7.79. The first-order valence-electron chi connectivity index (χ1n) is 15.1. The third kappa shape index (κ3) is 8.53. The number of carbonyl (C=O) groups is 2. The molecule has 41 heavy (non-hydrogen) atoms. The third-order valence-corrected chi connectivity index (χ3v) is 18.7. The number of hydrogen-bond acceptors (Lipinski definition) is 6. The summed E-state index contributed by atoms with van der Waals surface area (Å²) >= 11 is 0. The molecule has 9 heteroatoms. The number of amides is 2. The highest BCUT2D eigenvalue weighted by Crippen LogP contribution is 2.43. The van der Waals surface area contributed by atoms with E-state index in [1.165, 1.54) is 4.90 Å². The van der Waals surface area contributed by atoms with E-state index < -0.39 is 34.7 Å². The van der Waals surface area contributed by atoms with Gasteiger partial charge in [0.15, 0.2) is 16.6 Å². The van der Waals surface area contributed by atoms with E-state index in [1.54, 1.807) is 0 Å². The van der Waals surface area contributed by atoms with Crippen LogP contribution in [-0.2, 0) is 24.8 Å². The molecule has 1 aliphatic rings. The van der Waals surface area contributed by atoms with Gasteiger partial charge in [0.2, 0.25) is 5.91 Å². The molecule has 1 N–H and O–H groups in total. The van der Waals surface area contributed by atoms with E-state index in [0.717, 1.165) is 5.56 Å². The van der Waals surface area contributed by atoms with Crippen molar-refractivity contribution in [1.82, 2.24) is 4.90 Å². The molecule has 0 bridgehead atoms. The van der Waals surface area contributed by atoms with Crippen LogP contribution in [0.3, 0.4) is 0 Å². The molecule has 1 aromatic carbocycles. The molecule has 1 fully saturated rings. The highest BCUT2D eigenvalue weighted by Gasteiger charge is 2.49. The lowest BCUT2D eigenvalue weighted by Gasteiger charge is -2.47. The molecule has 0 aromatic heterocycles. The molecule has 1 aliphatic heterocycles. The zero-order valence-corrected chi connectivity index (χ0v) is 29.9. The number of aliphatic hydroxyl groups is 1. The molecule has 0 radical (unpaired) electrons. The Kier molecular flexibility index (Phi) is 11.7. The number of carbonyl (C=O) groups excluding carboxylic acids is 2. The Morgan fingerprint density at radius 3 is 1.90 bits per heavy atom. The first-order chi connectivity index (χ1) is 18.6. The van der Waals surface area contributed by atoms with Crippen LogP contribution in [0.1, 0.15) is 67.9 Å². The van der Waals surface area contributed by atoms with Gasteiger partial charge in [0, 0.05) is 18.4 Å². The summed E-state index contributed by atoms with van der Waals surface area (Å²) in [5.41, 5.74) is 1.04. The SMILES string of the molecule is C[C@H]([C@@H](O[Si](C)(C)C(C)(C)C)[C@@H](C)CO)[C@H](O[Si](C)(C)C(C)(C)C)[C@@H](C)C(=O)N1C(=O)OC[C@H]1Cc1ccccc1. The summed E-state index contributed by atoms with van der Waals surface area (Å²) in [6.07, 6.45) is -0.902. The van der Waals surface area contributed by atoms with Gasteiger partial charge in [-0.3, -0.25) is 4.79 Å². The van der Waals surface area contributed by atoms with E-state index in [2.05, 4.69) is 74.7 Å². The number of hydrogen-bond donors (Lipinski definition) is 1. The Labute approximate surface area is 251 Å². The number of ether oxygens (including phenoxy) is 1. The van der Waals surface area contributed by atoms with Crippen LogP contribution in [-0.4, -0.2) is 70.1 Å². The molecule has 1 heterocycles. The van der Waals surface area contributed by atoms with Gasteiger partial charge in [-0.15, -0.1) is 0 Å². The minimum absolute atomic E-state index is 0.0265. The lowest BCUT2D eigenvalue weighted by molar-refractivity contribution is -0.138. The molecule has 1 aromatic rings. The molecule has 0 spiro atoms. The summed E-state index contributed by atoms with van der Waals surface area (Å²) in [6.45, 7) is 28.0. The fraction of sp³-hybridized carbons (Fsp3) is 0.750. The van der Waals surface area contributed by atoms with Crippen molar-refractivity contribution in [2.75, 3.05) is 13.2 Å². The molecule has 0 aliphatic carbocycles. The van der Waals surface area contributed by atoms with Crippen molar-refractivity contribution in [3.63, 3.8) is 0 Å². The van der Waals surface area contributed by atoms with Gasteiger partial charge in [-0.2, -0.15) is 0 Å². The second-order valence-electron chi connectivity index (χ2n) is 15.1. The van der Waals surface area contributed by atoms with Crippen LogP contribution in [0.4, 0.5) is 4.79 Å². The van der Waals surface area contributed by atoms with Gasteiger partial charge in [0.05, 0.1) is 24.2 Å². The lowest BCUT2D eigenvalue weighted by atomic mass is 9.84. The summed E-state index contributed by atoms with van der Waals surface area (Å²) in [6, 6.07) is 9.48. The average molecular weight is 608 g/mol. The number of cyclic esters (lactones) is 1.